The Morgan fingerprint density at radius 1 is 0.773 bits per heavy atom. The van der Waals surface area contributed by atoms with E-state index >= 15 is 0 Å². The Morgan fingerprint density at radius 2 is 1.27 bits per heavy atom. The predicted octanol–water partition coefficient (Wildman–Crippen LogP) is 2.92. The molecule has 0 bridgehead atoms. The topological polar surface area (TPSA) is 62.9 Å². The summed E-state index contributed by atoms with van der Waals surface area (Å²) in [6.07, 6.45) is 3.48. The highest BCUT2D eigenvalue weighted by Crippen LogP contribution is 2.17. The molecule has 1 aliphatic heterocycles. The molecule has 22 heavy (non-hydrogen) atoms. The van der Waals surface area contributed by atoms with E-state index in [-0.39, 0.29) is 5.54 Å². The second-order valence-corrected chi connectivity index (χ2v) is 5.96. The Labute approximate surface area is 129 Å². The molecule has 3 rings (SSSR count). The lowest BCUT2D eigenvalue weighted by Crippen LogP contribution is -2.27. The van der Waals surface area contributed by atoms with Crippen LogP contribution in [0.15, 0.2) is 64.0 Å². The number of pyridine rings is 2. The van der Waals surface area contributed by atoms with E-state index in [0.717, 1.165) is 17.1 Å². The van der Waals surface area contributed by atoms with Crippen LogP contribution in [0.1, 0.15) is 32.2 Å². The van der Waals surface area contributed by atoms with Crippen LogP contribution in [0.2, 0.25) is 0 Å². The lowest BCUT2D eigenvalue weighted by Gasteiger charge is -2.15. The van der Waals surface area contributed by atoms with Gasteiger partial charge in [0.25, 0.3) is 0 Å². The molecule has 0 N–H and O–H groups in total. The van der Waals surface area contributed by atoms with Gasteiger partial charge in [-0.2, -0.15) is 0 Å². The highest BCUT2D eigenvalue weighted by molar-refractivity contribution is 6.75. The van der Waals surface area contributed by atoms with Crippen molar-refractivity contribution in [2.45, 2.75) is 26.3 Å². The highest BCUT2D eigenvalue weighted by Gasteiger charge is 2.28. The summed E-state index contributed by atoms with van der Waals surface area (Å²) in [7, 11) is 0. The van der Waals surface area contributed by atoms with Crippen LogP contribution >= 0.6 is 0 Å². The van der Waals surface area contributed by atoms with Gasteiger partial charge in [-0.05, 0) is 45.0 Å². The fourth-order valence-corrected chi connectivity index (χ4v) is 2.10. The van der Waals surface area contributed by atoms with Crippen molar-refractivity contribution in [3.63, 3.8) is 0 Å². The summed E-state index contributed by atoms with van der Waals surface area (Å²) < 4.78 is 0. The molecule has 0 radical (unpaired) electrons. The number of aromatic nitrogens is 2. The van der Waals surface area contributed by atoms with Crippen molar-refractivity contribution in [1.29, 1.82) is 0 Å². The van der Waals surface area contributed by atoms with Crippen LogP contribution in [-0.2, 0) is 0 Å². The van der Waals surface area contributed by atoms with Gasteiger partial charge in [0.1, 0.15) is 17.1 Å². The van der Waals surface area contributed by atoms with Gasteiger partial charge in [-0.25, -0.2) is 0 Å². The molecule has 2 aromatic rings. The first-order chi connectivity index (χ1) is 10.5. The third-order valence-electron chi connectivity index (χ3n) is 2.96. The van der Waals surface area contributed by atoms with Crippen LogP contribution in [0.3, 0.4) is 0 Å². The molecule has 0 fully saturated rings. The summed E-state index contributed by atoms with van der Waals surface area (Å²) in [5, 5.41) is 8.60. The first kappa shape index (κ1) is 14.3. The molecule has 0 saturated carbocycles. The maximum absolute atomic E-state index is 4.80. The largest absolute Gasteiger partial charge is 0.275 e. The Kier molecular flexibility index (Phi) is 3.63. The van der Waals surface area contributed by atoms with E-state index < -0.39 is 0 Å². The number of hydrogen-bond acceptors (Lipinski definition) is 5. The van der Waals surface area contributed by atoms with Crippen molar-refractivity contribution >= 4 is 17.1 Å². The van der Waals surface area contributed by atoms with Gasteiger partial charge < -0.3 is 0 Å². The molecule has 0 amide bonds. The third-order valence-corrected chi connectivity index (χ3v) is 2.96. The zero-order valence-electron chi connectivity index (χ0n) is 12.9. The van der Waals surface area contributed by atoms with Crippen molar-refractivity contribution in [3.05, 3.63) is 60.2 Å². The normalized spacial score (nSPS) is 14.6. The lowest BCUT2D eigenvalue weighted by atomic mass is 10.0. The van der Waals surface area contributed by atoms with Gasteiger partial charge in [0.05, 0.1) is 16.9 Å². The monoisotopic (exact) mass is 291 g/mol. The van der Waals surface area contributed by atoms with Gasteiger partial charge in [-0.15, -0.1) is 10.2 Å². The van der Waals surface area contributed by atoms with E-state index in [0.29, 0.717) is 11.4 Å². The number of rotatable bonds is 2. The van der Waals surface area contributed by atoms with E-state index in [1.807, 2.05) is 57.2 Å². The molecule has 0 saturated heterocycles. The molecule has 0 atom stereocenters. The third kappa shape index (κ3) is 2.98. The zero-order chi connectivity index (χ0) is 15.6. The van der Waals surface area contributed by atoms with Crippen molar-refractivity contribution < 1.29 is 0 Å². The second kappa shape index (κ2) is 5.60. The van der Waals surface area contributed by atoms with Crippen molar-refractivity contribution in [2.24, 2.45) is 15.2 Å². The van der Waals surface area contributed by atoms with Crippen molar-refractivity contribution in [1.82, 2.24) is 9.97 Å². The Balaban J connectivity index is 2.07. The Morgan fingerprint density at radius 3 is 1.64 bits per heavy atom. The van der Waals surface area contributed by atoms with Crippen LogP contribution in [0.5, 0.6) is 0 Å². The predicted molar refractivity (Wildman–Crippen MR) is 88.7 cm³/mol. The van der Waals surface area contributed by atoms with Crippen LogP contribution < -0.4 is 0 Å². The van der Waals surface area contributed by atoms with Crippen LogP contribution in [-0.4, -0.2) is 32.6 Å². The van der Waals surface area contributed by atoms with Gasteiger partial charge in [-0.1, -0.05) is 12.1 Å². The summed E-state index contributed by atoms with van der Waals surface area (Å²) in [5.41, 5.74) is 3.41. The molecule has 110 valence electrons. The zero-order valence-corrected chi connectivity index (χ0v) is 12.9. The highest BCUT2D eigenvalue weighted by atomic mass is 15.3. The number of hydrogen-bond donors (Lipinski definition) is 0. The van der Waals surface area contributed by atoms with Crippen molar-refractivity contribution in [2.75, 3.05) is 0 Å². The van der Waals surface area contributed by atoms with Gasteiger partial charge in [0, 0.05) is 12.4 Å². The van der Waals surface area contributed by atoms with E-state index in [1.165, 1.54) is 0 Å². The summed E-state index contributed by atoms with van der Waals surface area (Å²) in [6.45, 7) is 6.14. The minimum absolute atomic E-state index is 0.245. The molecule has 2 aromatic heterocycles. The van der Waals surface area contributed by atoms with Gasteiger partial charge in [0.2, 0.25) is 0 Å². The van der Waals surface area contributed by atoms with Crippen LogP contribution in [0.25, 0.3) is 0 Å². The average molecular weight is 291 g/mol. The fraction of sp³-hybridized carbons (Fsp3) is 0.235. The summed E-state index contributed by atoms with van der Waals surface area (Å²) >= 11 is 0. The molecule has 0 aromatic carbocycles. The summed E-state index contributed by atoms with van der Waals surface area (Å²) in [6, 6.07) is 11.4. The van der Waals surface area contributed by atoms with Gasteiger partial charge >= 0.3 is 0 Å². The van der Waals surface area contributed by atoms with E-state index in [1.54, 1.807) is 12.4 Å². The maximum Gasteiger partial charge on any atom is 0.139 e. The minimum atomic E-state index is -0.245. The van der Waals surface area contributed by atoms with Crippen LogP contribution in [0.4, 0.5) is 0 Å². The van der Waals surface area contributed by atoms with Gasteiger partial charge in [0.15, 0.2) is 0 Å². The summed E-state index contributed by atoms with van der Waals surface area (Å²) in [5.74, 6) is 0. The summed E-state index contributed by atoms with van der Waals surface area (Å²) in [4.78, 5) is 13.5. The first-order valence-electron chi connectivity index (χ1n) is 7.14. The lowest BCUT2D eigenvalue weighted by molar-refractivity contribution is 0.586. The smallest absolute Gasteiger partial charge is 0.139 e. The molecular weight excluding hydrogens is 274 g/mol. The SMILES string of the molecule is CC(C)(C)N=C1C(c2ccccn2)=NN=C1c1ccccn1. The fourth-order valence-electron chi connectivity index (χ4n) is 2.10. The molecular formula is C17H17N5. The molecule has 5 nitrogen and oxygen atoms in total. The molecule has 3 heterocycles. The van der Waals surface area contributed by atoms with Crippen LogP contribution in [0, 0.1) is 0 Å². The molecule has 0 unspecified atom stereocenters. The molecule has 0 spiro atoms. The maximum atomic E-state index is 4.80. The number of aliphatic imine (C=N–C) groups is 1. The minimum Gasteiger partial charge on any atom is -0.275 e. The first-order valence-corrected chi connectivity index (χ1v) is 7.14. The quantitative estimate of drug-likeness (QED) is 0.854. The molecule has 0 aliphatic carbocycles. The Bertz CT molecular complexity index is 695. The Hall–Kier alpha value is -2.69. The molecule has 1 aliphatic rings. The average Bonchev–Trinajstić information content (AvgIpc) is 2.90. The second-order valence-electron chi connectivity index (χ2n) is 5.96. The number of nitrogens with zero attached hydrogens (tertiary/aromatic N) is 5. The van der Waals surface area contributed by atoms with Crippen molar-refractivity contribution in [3.8, 4) is 0 Å². The van der Waals surface area contributed by atoms with E-state index in [4.69, 9.17) is 4.99 Å². The van der Waals surface area contributed by atoms with E-state index in [9.17, 15) is 0 Å². The van der Waals surface area contributed by atoms with Gasteiger partial charge in [-0.3, -0.25) is 15.0 Å². The van der Waals surface area contributed by atoms with E-state index in [2.05, 4.69) is 20.2 Å². The standard InChI is InChI=1S/C17H17N5/c1-17(2,3)20-16-14(12-8-4-6-10-18-12)21-22-15(16)13-9-5-7-11-19-13/h4-11H,1-3H3. The molecule has 5 heteroatoms.